The molecule has 0 amide bonds. The molecule has 41 heavy (non-hydrogen) atoms. The first-order valence-corrected chi connectivity index (χ1v) is 13.8. The van der Waals surface area contributed by atoms with Gasteiger partial charge in [0.1, 0.15) is 23.4 Å². The van der Waals surface area contributed by atoms with E-state index >= 15 is 0 Å². The third-order valence-electron chi connectivity index (χ3n) is 6.74. The third kappa shape index (κ3) is 7.80. The number of nitrogens with one attached hydrogen (secondary N) is 3. The highest BCUT2D eigenvalue weighted by molar-refractivity contribution is 5.76. The predicted molar refractivity (Wildman–Crippen MR) is 158 cm³/mol. The van der Waals surface area contributed by atoms with Crippen molar-refractivity contribution in [3.05, 3.63) is 78.2 Å². The third-order valence-corrected chi connectivity index (χ3v) is 6.74. The van der Waals surface area contributed by atoms with Crippen molar-refractivity contribution in [2.45, 2.75) is 45.9 Å². The Labute approximate surface area is 239 Å². The van der Waals surface area contributed by atoms with Gasteiger partial charge in [0, 0.05) is 50.0 Å². The Morgan fingerprint density at radius 2 is 1.80 bits per heavy atom. The molecular formula is C30H35N9O2. The van der Waals surface area contributed by atoms with Crippen molar-refractivity contribution in [1.29, 1.82) is 0 Å². The maximum atomic E-state index is 12.5. The molecule has 1 aliphatic rings. The molecule has 5 rings (SSSR count). The summed E-state index contributed by atoms with van der Waals surface area (Å²) in [5.74, 6) is 2.02. The smallest absolute Gasteiger partial charge is 0.324 e. The van der Waals surface area contributed by atoms with Gasteiger partial charge in [-0.3, -0.25) is 9.69 Å². The van der Waals surface area contributed by atoms with Crippen LogP contribution in [0.5, 0.6) is 0 Å². The quantitative estimate of drug-likeness (QED) is 0.244. The zero-order valence-electron chi connectivity index (χ0n) is 23.5. The molecule has 1 aromatic carbocycles. The fourth-order valence-electron chi connectivity index (χ4n) is 4.40. The van der Waals surface area contributed by atoms with Crippen molar-refractivity contribution < 1.29 is 9.53 Å². The Balaban J connectivity index is 1.17. The molecule has 0 bridgehead atoms. The number of pyridine rings is 1. The van der Waals surface area contributed by atoms with E-state index in [-0.39, 0.29) is 18.1 Å². The fraction of sp³-hybridized carbons (Fsp3) is 0.333. The maximum absolute atomic E-state index is 12.5. The molecule has 212 valence electrons. The first-order valence-electron chi connectivity index (χ1n) is 13.8. The Hall–Kier alpha value is -4.48. The molecule has 11 heteroatoms. The minimum absolute atomic E-state index is 0.0677. The van der Waals surface area contributed by atoms with Crippen molar-refractivity contribution >= 4 is 29.2 Å². The molecule has 0 aliphatic carbocycles. The Kier molecular flexibility index (Phi) is 9.07. The van der Waals surface area contributed by atoms with Gasteiger partial charge in [-0.25, -0.2) is 19.9 Å². The largest absolute Gasteiger partial charge is 0.461 e. The van der Waals surface area contributed by atoms with E-state index in [2.05, 4.69) is 57.9 Å². The molecule has 4 heterocycles. The highest BCUT2D eigenvalue weighted by Crippen LogP contribution is 2.20. The lowest BCUT2D eigenvalue weighted by Crippen LogP contribution is -2.54. The number of hydrogen-bond donors (Lipinski definition) is 3. The number of esters is 1. The summed E-state index contributed by atoms with van der Waals surface area (Å²) in [5, 5.41) is 9.76. The molecule has 1 unspecified atom stereocenters. The van der Waals surface area contributed by atoms with Crippen molar-refractivity contribution in [1.82, 2.24) is 35.1 Å². The summed E-state index contributed by atoms with van der Waals surface area (Å²) in [7, 11) is 0. The molecule has 4 aromatic rings. The summed E-state index contributed by atoms with van der Waals surface area (Å²) in [6.45, 7) is 8.87. The molecule has 3 aromatic heterocycles. The summed E-state index contributed by atoms with van der Waals surface area (Å²) in [5.41, 5.74) is 3.64. The van der Waals surface area contributed by atoms with Gasteiger partial charge in [-0.15, -0.1) is 0 Å². The normalized spacial score (nSPS) is 16.1. The molecule has 1 fully saturated rings. The maximum Gasteiger partial charge on any atom is 0.324 e. The number of benzene rings is 1. The summed E-state index contributed by atoms with van der Waals surface area (Å²) in [4.78, 5) is 37.1. The van der Waals surface area contributed by atoms with Crippen molar-refractivity contribution in [3.63, 3.8) is 0 Å². The average molecular weight is 554 g/mol. The number of rotatable bonds is 10. The van der Waals surface area contributed by atoms with Crippen LogP contribution in [0.25, 0.3) is 11.5 Å². The number of nitrogens with zero attached hydrogens (tertiary/aromatic N) is 6. The Bertz CT molecular complexity index is 1460. The number of aryl methyl sites for hydroxylation is 1. The first-order chi connectivity index (χ1) is 19.9. The molecule has 0 radical (unpaired) electrons. The average Bonchev–Trinajstić information content (AvgIpc) is 2.98. The topological polar surface area (TPSA) is 130 Å². The van der Waals surface area contributed by atoms with Gasteiger partial charge in [0.25, 0.3) is 0 Å². The second-order valence-electron chi connectivity index (χ2n) is 10.0. The van der Waals surface area contributed by atoms with Crippen LogP contribution in [-0.4, -0.2) is 67.6 Å². The molecular weight excluding hydrogens is 518 g/mol. The van der Waals surface area contributed by atoms with Gasteiger partial charge < -0.3 is 20.7 Å². The van der Waals surface area contributed by atoms with E-state index in [1.54, 1.807) is 24.5 Å². The number of carbonyl (C=O) groups is 1. The monoisotopic (exact) mass is 553 g/mol. The van der Waals surface area contributed by atoms with E-state index in [1.807, 2.05) is 51.1 Å². The molecule has 1 aliphatic heterocycles. The zero-order valence-corrected chi connectivity index (χ0v) is 23.5. The highest BCUT2D eigenvalue weighted by Gasteiger charge is 2.27. The van der Waals surface area contributed by atoms with Gasteiger partial charge in [0.2, 0.25) is 5.95 Å². The number of piperazine rings is 1. The SMILES string of the molecule is CC[C@H](C)OC(=O)C1CN(Cc2ccc(Nc3nccc(Nc4ccnc(-c5cccc(C)n5)n4)n3)cc2)CCN1. The van der Waals surface area contributed by atoms with Gasteiger partial charge in [0.05, 0.1) is 6.10 Å². The minimum Gasteiger partial charge on any atom is -0.461 e. The summed E-state index contributed by atoms with van der Waals surface area (Å²) in [6.07, 6.45) is 4.12. The lowest BCUT2D eigenvalue weighted by atomic mass is 10.1. The predicted octanol–water partition coefficient (Wildman–Crippen LogP) is 4.24. The number of hydrogen-bond acceptors (Lipinski definition) is 11. The number of ether oxygens (including phenoxy) is 1. The molecule has 0 saturated carbocycles. The minimum atomic E-state index is -0.301. The van der Waals surface area contributed by atoms with E-state index in [0.29, 0.717) is 35.6 Å². The summed E-state index contributed by atoms with van der Waals surface area (Å²) >= 11 is 0. The van der Waals surface area contributed by atoms with Crippen LogP contribution in [0.15, 0.2) is 67.0 Å². The van der Waals surface area contributed by atoms with Crippen molar-refractivity contribution in [2.75, 3.05) is 30.3 Å². The van der Waals surface area contributed by atoms with E-state index in [9.17, 15) is 4.79 Å². The molecule has 11 nitrogen and oxygen atoms in total. The summed E-state index contributed by atoms with van der Waals surface area (Å²) < 4.78 is 5.52. The fourth-order valence-corrected chi connectivity index (χ4v) is 4.40. The second-order valence-corrected chi connectivity index (χ2v) is 10.0. The van der Waals surface area contributed by atoms with Crippen LogP contribution in [-0.2, 0) is 16.1 Å². The highest BCUT2D eigenvalue weighted by atomic mass is 16.5. The van der Waals surface area contributed by atoms with Gasteiger partial charge in [0.15, 0.2) is 5.82 Å². The van der Waals surface area contributed by atoms with Gasteiger partial charge >= 0.3 is 5.97 Å². The molecule has 1 saturated heterocycles. The first kappa shape index (κ1) is 28.1. The number of carbonyl (C=O) groups excluding carboxylic acids is 1. The summed E-state index contributed by atoms with van der Waals surface area (Å²) in [6, 6.07) is 17.2. The van der Waals surface area contributed by atoms with Crippen LogP contribution in [0.1, 0.15) is 31.5 Å². The van der Waals surface area contributed by atoms with Crippen molar-refractivity contribution in [3.8, 4) is 11.5 Å². The van der Waals surface area contributed by atoms with Gasteiger partial charge in [-0.05, 0) is 62.2 Å². The van der Waals surface area contributed by atoms with Crippen LogP contribution in [0.2, 0.25) is 0 Å². The van der Waals surface area contributed by atoms with E-state index < -0.39 is 0 Å². The van der Waals surface area contributed by atoms with Crippen molar-refractivity contribution in [2.24, 2.45) is 0 Å². The van der Waals surface area contributed by atoms with Gasteiger partial charge in [-0.2, -0.15) is 4.98 Å². The van der Waals surface area contributed by atoms with E-state index in [0.717, 1.165) is 43.0 Å². The Morgan fingerprint density at radius 3 is 2.59 bits per heavy atom. The lowest BCUT2D eigenvalue weighted by molar-refractivity contribution is -0.152. The number of aromatic nitrogens is 5. The molecule has 3 N–H and O–H groups in total. The van der Waals surface area contributed by atoms with Crippen LogP contribution in [0.4, 0.5) is 23.3 Å². The second kappa shape index (κ2) is 13.2. The van der Waals surface area contributed by atoms with E-state index in [4.69, 9.17) is 4.74 Å². The standard InChI is InChI=1S/C30H35N9O2/c1-4-21(3)41-29(40)25-19-39(17-16-31-25)18-22-8-10-23(11-9-22)35-30-33-15-13-27(38-30)36-26-12-14-32-28(37-26)24-7-5-6-20(2)34-24/h5-15,21,25,31H,4,16-19H2,1-3H3,(H2,32,33,35,36,37,38)/t21-,25?/m0/s1. The van der Waals surface area contributed by atoms with Gasteiger partial charge in [-0.1, -0.05) is 25.1 Å². The van der Waals surface area contributed by atoms with E-state index in [1.165, 1.54) is 0 Å². The number of anilines is 4. The van der Waals surface area contributed by atoms with Crippen LogP contribution >= 0.6 is 0 Å². The van der Waals surface area contributed by atoms with Crippen LogP contribution < -0.4 is 16.0 Å². The Morgan fingerprint density at radius 1 is 1.02 bits per heavy atom. The molecule has 0 spiro atoms. The van der Waals surface area contributed by atoms with Crippen LogP contribution in [0, 0.1) is 6.92 Å². The molecule has 2 atom stereocenters. The van der Waals surface area contributed by atoms with Crippen LogP contribution in [0.3, 0.4) is 0 Å². The zero-order chi connectivity index (χ0) is 28.6. The lowest BCUT2D eigenvalue weighted by Gasteiger charge is -2.33.